The fourth-order valence-corrected chi connectivity index (χ4v) is 3.94. The molecule has 0 atom stereocenters. The fourth-order valence-electron chi connectivity index (χ4n) is 2.38. The Morgan fingerprint density at radius 1 is 1.24 bits per heavy atom. The van der Waals surface area contributed by atoms with E-state index < -0.39 is 0 Å². The molecule has 0 unspecified atom stereocenters. The van der Waals surface area contributed by atoms with Gasteiger partial charge in [-0.2, -0.15) is 9.50 Å². The number of hydrogen-bond donors (Lipinski definition) is 0. The topological polar surface area (TPSA) is 56.5 Å². The summed E-state index contributed by atoms with van der Waals surface area (Å²) < 4.78 is 7.57. The number of aromatic nitrogens is 3. The minimum absolute atomic E-state index is 0.137. The minimum atomic E-state index is -0.137. The molecular weight excluding hydrogens is 354 g/mol. The van der Waals surface area contributed by atoms with Crippen molar-refractivity contribution in [1.29, 1.82) is 0 Å². The van der Waals surface area contributed by atoms with Gasteiger partial charge in [-0.25, -0.2) is 0 Å². The van der Waals surface area contributed by atoms with Crippen molar-refractivity contribution in [1.82, 2.24) is 14.6 Å². The first-order valence-corrected chi connectivity index (χ1v) is 9.62. The average molecular weight is 369 g/mol. The van der Waals surface area contributed by atoms with Crippen LogP contribution in [0.15, 0.2) is 46.6 Å². The summed E-state index contributed by atoms with van der Waals surface area (Å²) in [6.07, 6.45) is 2.83. The highest BCUT2D eigenvalue weighted by atomic mass is 32.1. The molecule has 0 N–H and O–H groups in total. The van der Waals surface area contributed by atoms with Gasteiger partial charge in [-0.3, -0.25) is 4.79 Å². The summed E-state index contributed by atoms with van der Waals surface area (Å²) in [4.78, 5) is 18.6. The Labute approximate surface area is 151 Å². The smallest absolute Gasteiger partial charge is 0.291 e. The lowest BCUT2D eigenvalue weighted by Crippen LogP contribution is -2.23. The summed E-state index contributed by atoms with van der Waals surface area (Å²) in [6.45, 7) is 2.77. The summed E-state index contributed by atoms with van der Waals surface area (Å²) in [5.74, 6) is 1.44. The molecule has 1 aromatic carbocycles. The summed E-state index contributed by atoms with van der Waals surface area (Å²) in [5.41, 5.74) is 0.811. The van der Waals surface area contributed by atoms with Crippen molar-refractivity contribution >= 4 is 33.7 Å². The van der Waals surface area contributed by atoms with Crippen LogP contribution in [-0.2, 0) is 0 Å². The van der Waals surface area contributed by atoms with E-state index in [4.69, 9.17) is 4.74 Å². The number of ether oxygens (including phenoxy) is 1. The van der Waals surface area contributed by atoms with Gasteiger partial charge in [0.15, 0.2) is 5.82 Å². The van der Waals surface area contributed by atoms with Gasteiger partial charge >= 0.3 is 0 Å². The largest absolute Gasteiger partial charge is 0.494 e. The molecule has 4 rings (SSSR count). The monoisotopic (exact) mass is 369 g/mol. The Kier molecular flexibility index (Phi) is 4.33. The van der Waals surface area contributed by atoms with Crippen molar-refractivity contribution in [3.05, 3.63) is 62.2 Å². The van der Waals surface area contributed by atoms with Gasteiger partial charge in [0, 0.05) is 0 Å². The number of nitrogens with zero attached hydrogens (tertiary/aromatic N) is 3. The molecule has 0 radical (unpaired) electrons. The Morgan fingerprint density at radius 3 is 2.76 bits per heavy atom. The highest BCUT2D eigenvalue weighted by Gasteiger charge is 2.12. The van der Waals surface area contributed by atoms with E-state index >= 15 is 0 Å². The highest BCUT2D eigenvalue weighted by Crippen LogP contribution is 2.21. The zero-order chi connectivity index (χ0) is 17.2. The van der Waals surface area contributed by atoms with Crippen molar-refractivity contribution < 1.29 is 4.74 Å². The van der Waals surface area contributed by atoms with Gasteiger partial charge in [0.1, 0.15) is 5.75 Å². The Bertz CT molecular complexity index is 1100. The first-order valence-electron chi connectivity index (χ1n) is 7.92. The van der Waals surface area contributed by atoms with Crippen LogP contribution in [0.5, 0.6) is 5.75 Å². The van der Waals surface area contributed by atoms with Gasteiger partial charge < -0.3 is 4.74 Å². The third kappa shape index (κ3) is 3.20. The van der Waals surface area contributed by atoms with E-state index in [-0.39, 0.29) is 5.56 Å². The predicted molar refractivity (Wildman–Crippen MR) is 101 cm³/mol. The zero-order valence-electron chi connectivity index (χ0n) is 13.5. The lowest BCUT2D eigenvalue weighted by molar-refractivity contribution is 0.317. The Morgan fingerprint density at radius 2 is 2.08 bits per heavy atom. The minimum Gasteiger partial charge on any atom is -0.494 e. The maximum Gasteiger partial charge on any atom is 0.291 e. The molecule has 25 heavy (non-hydrogen) atoms. The van der Waals surface area contributed by atoms with Gasteiger partial charge in [-0.05, 0) is 41.6 Å². The second-order valence-electron chi connectivity index (χ2n) is 5.44. The van der Waals surface area contributed by atoms with E-state index in [1.807, 2.05) is 47.9 Å². The van der Waals surface area contributed by atoms with E-state index in [1.165, 1.54) is 15.9 Å². The van der Waals surface area contributed by atoms with Crippen LogP contribution in [0.2, 0.25) is 0 Å². The molecular formula is C18H15N3O2S2. The van der Waals surface area contributed by atoms with Gasteiger partial charge in [0.2, 0.25) is 4.96 Å². The number of rotatable bonds is 5. The molecule has 3 aromatic heterocycles. The Hall–Kier alpha value is -2.51. The van der Waals surface area contributed by atoms with Crippen LogP contribution in [-0.4, -0.2) is 21.2 Å². The zero-order valence-corrected chi connectivity index (χ0v) is 15.1. The van der Waals surface area contributed by atoms with Gasteiger partial charge in [-0.15, -0.1) is 16.4 Å². The molecule has 0 amide bonds. The van der Waals surface area contributed by atoms with Crippen molar-refractivity contribution in [3.8, 4) is 16.5 Å². The third-order valence-corrected chi connectivity index (χ3v) is 5.40. The molecule has 7 heteroatoms. The number of fused-ring (bicyclic) bond motifs is 1. The number of benzene rings is 1. The van der Waals surface area contributed by atoms with Crippen molar-refractivity contribution in [2.45, 2.75) is 13.3 Å². The van der Waals surface area contributed by atoms with Gasteiger partial charge in [0.05, 0.1) is 16.0 Å². The molecule has 0 bridgehead atoms. The third-order valence-electron chi connectivity index (χ3n) is 3.57. The summed E-state index contributed by atoms with van der Waals surface area (Å²) in [5, 5.41) is 6.31. The second kappa shape index (κ2) is 6.78. The van der Waals surface area contributed by atoms with Crippen LogP contribution < -0.4 is 14.8 Å². The molecule has 0 aliphatic carbocycles. The molecule has 0 saturated heterocycles. The highest BCUT2D eigenvalue weighted by molar-refractivity contribution is 7.15. The van der Waals surface area contributed by atoms with Crippen LogP contribution in [0.25, 0.3) is 21.7 Å². The van der Waals surface area contributed by atoms with E-state index in [1.54, 1.807) is 11.3 Å². The molecule has 0 spiro atoms. The van der Waals surface area contributed by atoms with Crippen LogP contribution in [0.4, 0.5) is 0 Å². The molecule has 126 valence electrons. The summed E-state index contributed by atoms with van der Waals surface area (Å²) in [7, 11) is 0. The van der Waals surface area contributed by atoms with Gasteiger partial charge in [-0.1, -0.05) is 36.5 Å². The maximum absolute atomic E-state index is 12.5. The molecule has 0 fully saturated rings. The molecule has 5 nitrogen and oxygen atoms in total. The fraction of sp³-hybridized carbons (Fsp3) is 0.167. The van der Waals surface area contributed by atoms with Gasteiger partial charge in [0.25, 0.3) is 5.56 Å². The first-order chi connectivity index (χ1) is 12.2. The Balaban J connectivity index is 1.67. The summed E-state index contributed by atoms with van der Waals surface area (Å²) >= 11 is 2.91. The number of thiazole rings is 1. The quantitative estimate of drug-likeness (QED) is 0.542. The molecule has 3 heterocycles. The van der Waals surface area contributed by atoms with E-state index in [9.17, 15) is 4.79 Å². The molecule has 4 aromatic rings. The second-order valence-corrected chi connectivity index (χ2v) is 7.40. The van der Waals surface area contributed by atoms with Crippen molar-refractivity contribution in [2.75, 3.05) is 6.61 Å². The van der Waals surface area contributed by atoms with Crippen LogP contribution in [0.1, 0.15) is 18.9 Å². The molecule has 0 aliphatic rings. The SMILES string of the molecule is CCCOc1ccc(C=c2sc3nc(-c4cccs4)nn3c2=O)cc1. The lowest BCUT2D eigenvalue weighted by atomic mass is 10.2. The standard InChI is InChI=1S/C18H15N3O2S2/c1-2-9-23-13-7-5-12(6-8-13)11-15-17(22)21-18(25-15)19-16(20-21)14-4-3-10-24-14/h3-8,10-11H,2,9H2,1H3. The summed E-state index contributed by atoms with van der Waals surface area (Å²) in [6, 6.07) is 11.6. The van der Waals surface area contributed by atoms with Crippen molar-refractivity contribution in [2.24, 2.45) is 0 Å². The van der Waals surface area contributed by atoms with Crippen LogP contribution in [0.3, 0.4) is 0 Å². The average Bonchev–Trinajstić information content (AvgIpc) is 3.33. The lowest BCUT2D eigenvalue weighted by Gasteiger charge is -2.03. The molecule has 0 saturated carbocycles. The van der Waals surface area contributed by atoms with Crippen LogP contribution in [0, 0.1) is 0 Å². The van der Waals surface area contributed by atoms with Crippen LogP contribution >= 0.6 is 22.7 Å². The maximum atomic E-state index is 12.5. The number of thiophene rings is 1. The normalized spacial score (nSPS) is 12.1. The van der Waals surface area contributed by atoms with E-state index in [0.29, 0.717) is 21.9 Å². The van der Waals surface area contributed by atoms with E-state index in [2.05, 4.69) is 17.0 Å². The molecule has 0 aliphatic heterocycles. The van der Waals surface area contributed by atoms with Crippen molar-refractivity contribution in [3.63, 3.8) is 0 Å². The number of hydrogen-bond acceptors (Lipinski definition) is 6. The first kappa shape index (κ1) is 16.0. The van der Waals surface area contributed by atoms with E-state index in [0.717, 1.165) is 22.6 Å². The predicted octanol–water partition coefficient (Wildman–Crippen LogP) is 3.22.